The molecule has 0 bridgehead atoms. The lowest BCUT2D eigenvalue weighted by Crippen LogP contribution is -2.19. The number of amides is 2. The van der Waals surface area contributed by atoms with E-state index in [1.54, 1.807) is 44.5 Å². The number of hydrogen-bond donors (Lipinski definition) is 2. The predicted molar refractivity (Wildman–Crippen MR) is 110 cm³/mol. The average molecular weight is 384 g/mol. The van der Waals surface area contributed by atoms with Crippen LogP contribution in [0.2, 0.25) is 0 Å². The second-order valence-electron chi connectivity index (χ2n) is 6.90. The molecule has 2 rings (SSSR count). The summed E-state index contributed by atoms with van der Waals surface area (Å²) in [5.74, 6) is 1.40. The Kier molecular flexibility index (Phi) is 7.87. The first kappa shape index (κ1) is 21.3. The minimum absolute atomic E-state index is 0.0559. The fourth-order valence-electron chi connectivity index (χ4n) is 2.52. The maximum absolute atomic E-state index is 12.5. The molecule has 6 nitrogen and oxygen atoms in total. The molecule has 0 saturated heterocycles. The fraction of sp³-hybridized carbons (Fsp3) is 0.364. The maximum atomic E-state index is 12.5. The predicted octanol–water partition coefficient (Wildman–Crippen LogP) is 3.66. The third kappa shape index (κ3) is 6.30. The van der Waals surface area contributed by atoms with Crippen molar-refractivity contribution in [2.24, 2.45) is 5.92 Å². The number of likely N-dealkylation sites (N-methyl/N-ethyl adjacent to an activating group) is 1. The van der Waals surface area contributed by atoms with E-state index in [4.69, 9.17) is 9.47 Å². The van der Waals surface area contributed by atoms with Crippen molar-refractivity contribution in [3.8, 4) is 11.5 Å². The second-order valence-corrected chi connectivity index (χ2v) is 6.90. The SMILES string of the molecule is CNC(=O)Cc1ccc(NC(=O)c2ccc(OCCC(C)C)c(OC)c2)cc1. The summed E-state index contributed by atoms with van der Waals surface area (Å²) in [6.45, 7) is 4.88. The molecular weight excluding hydrogens is 356 g/mol. The van der Waals surface area contributed by atoms with Crippen LogP contribution in [0.15, 0.2) is 42.5 Å². The Balaban J connectivity index is 2.02. The highest BCUT2D eigenvalue weighted by Crippen LogP contribution is 2.28. The summed E-state index contributed by atoms with van der Waals surface area (Å²) < 4.78 is 11.1. The Labute approximate surface area is 166 Å². The average Bonchev–Trinajstić information content (AvgIpc) is 2.69. The smallest absolute Gasteiger partial charge is 0.255 e. The number of benzene rings is 2. The quantitative estimate of drug-likeness (QED) is 0.692. The molecule has 2 amide bonds. The minimum atomic E-state index is -0.244. The summed E-state index contributed by atoms with van der Waals surface area (Å²) in [5.41, 5.74) is 2.01. The van der Waals surface area contributed by atoms with Gasteiger partial charge in [-0.2, -0.15) is 0 Å². The number of methoxy groups -OCH3 is 1. The van der Waals surface area contributed by atoms with Crippen LogP contribution in [0.3, 0.4) is 0 Å². The number of hydrogen-bond acceptors (Lipinski definition) is 4. The summed E-state index contributed by atoms with van der Waals surface area (Å²) in [4.78, 5) is 23.9. The molecule has 0 unspecified atom stereocenters. The third-order valence-electron chi connectivity index (χ3n) is 4.23. The van der Waals surface area contributed by atoms with Crippen molar-refractivity contribution in [1.82, 2.24) is 5.32 Å². The van der Waals surface area contributed by atoms with E-state index in [0.717, 1.165) is 12.0 Å². The van der Waals surface area contributed by atoms with E-state index in [1.165, 1.54) is 0 Å². The van der Waals surface area contributed by atoms with Gasteiger partial charge in [0.1, 0.15) is 0 Å². The van der Waals surface area contributed by atoms with Crippen LogP contribution < -0.4 is 20.1 Å². The summed E-state index contributed by atoms with van der Waals surface area (Å²) in [5, 5.41) is 5.43. The number of carbonyl (C=O) groups excluding carboxylic acids is 2. The van der Waals surface area contributed by atoms with Crippen LogP contribution in [0.4, 0.5) is 5.69 Å². The summed E-state index contributed by atoms with van der Waals surface area (Å²) in [6, 6.07) is 12.3. The molecule has 2 aromatic carbocycles. The van der Waals surface area contributed by atoms with E-state index in [9.17, 15) is 9.59 Å². The van der Waals surface area contributed by atoms with Gasteiger partial charge in [0.25, 0.3) is 5.91 Å². The molecule has 0 radical (unpaired) electrons. The van der Waals surface area contributed by atoms with Crippen molar-refractivity contribution in [3.63, 3.8) is 0 Å². The minimum Gasteiger partial charge on any atom is -0.493 e. The van der Waals surface area contributed by atoms with E-state index in [2.05, 4.69) is 24.5 Å². The lowest BCUT2D eigenvalue weighted by molar-refractivity contribution is -0.119. The summed E-state index contributed by atoms with van der Waals surface area (Å²) in [7, 11) is 3.16. The van der Waals surface area contributed by atoms with E-state index < -0.39 is 0 Å². The van der Waals surface area contributed by atoms with Crippen LogP contribution in [0.1, 0.15) is 36.2 Å². The molecule has 0 aromatic heterocycles. The van der Waals surface area contributed by atoms with Gasteiger partial charge >= 0.3 is 0 Å². The van der Waals surface area contributed by atoms with Gasteiger partial charge in [-0.3, -0.25) is 9.59 Å². The highest BCUT2D eigenvalue weighted by Gasteiger charge is 2.12. The van der Waals surface area contributed by atoms with Gasteiger partial charge in [-0.25, -0.2) is 0 Å². The normalized spacial score (nSPS) is 10.5. The number of nitrogens with one attached hydrogen (secondary N) is 2. The number of carbonyl (C=O) groups is 2. The molecule has 0 aliphatic rings. The van der Waals surface area contributed by atoms with E-state index in [1.807, 2.05) is 12.1 Å². The maximum Gasteiger partial charge on any atom is 0.255 e. The van der Waals surface area contributed by atoms with Crippen molar-refractivity contribution in [2.75, 3.05) is 26.1 Å². The monoisotopic (exact) mass is 384 g/mol. The highest BCUT2D eigenvalue weighted by molar-refractivity contribution is 6.04. The van der Waals surface area contributed by atoms with Gasteiger partial charge in [-0.05, 0) is 48.2 Å². The molecule has 28 heavy (non-hydrogen) atoms. The van der Waals surface area contributed by atoms with Gasteiger partial charge in [-0.15, -0.1) is 0 Å². The van der Waals surface area contributed by atoms with E-state index >= 15 is 0 Å². The van der Waals surface area contributed by atoms with Crippen LogP contribution in [0.5, 0.6) is 11.5 Å². The second kappa shape index (κ2) is 10.3. The number of ether oxygens (including phenoxy) is 2. The first-order valence-electron chi connectivity index (χ1n) is 9.34. The first-order chi connectivity index (χ1) is 13.4. The zero-order valence-corrected chi connectivity index (χ0v) is 16.9. The molecular formula is C22H28N2O4. The van der Waals surface area contributed by atoms with Crippen molar-refractivity contribution in [1.29, 1.82) is 0 Å². The summed E-state index contributed by atoms with van der Waals surface area (Å²) >= 11 is 0. The zero-order chi connectivity index (χ0) is 20.5. The zero-order valence-electron chi connectivity index (χ0n) is 16.9. The van der Waals surface area contributed by atoms with Crippen molar-refractivity contribution >= 4 is 17.5 Å². The molecule has 2 N–H and O–H groups in total. The highest BCUT2D eigenvalue weighted by atomic mass is 16.5. The van der Waals surface area contributed by atoms with Crippen LogP contribution in [0.25, 0.3) is 0 Å². The Morgan fingerprint density at radius 3 is 2.36 bits per heavy atom. The lowest BCUT2D eigenvalue weighted by atomic mass is 10.1. The van der Waals surface area contributed by atoms with Crippen LogP contribution >= 0.6 is 0 Å². The molecule has 0 saturated carbocycles. The number of anilines is 1. The Hall–Kier alpha value is -3.02. The third-order valence-corrected chi connectivity index (χ3v) is 4.23. The van der Waals surface area contributed by atoms with Gasteiger partial charge in [0, 0.05) is 18.3 Å². The van der Waals surface area contributed by atoms with Crippen molar-refractivity contribution < 1.29 is 19.1 Å². The van der Waals surface area contributed by atoms with Crippen molar-refractivity contribution in [2.45, 2.75) is 26.7 Å². The molecule has 0 heterocycles. The first-order valence-corrected chi connectivity index (χ1v) is 9.34. The van der Waals surface area contributed by atoms with Crippen LogP contribution in [-0.4, -0.2) is 32.6 Å². The Morgan fingerprint density at radius 1 is 1.04 bits per heavy atom. The Morgan fingerprint density at radius 2 is 1.75 bits per heavy atom. The lowest BCUT2D eigenvalue weighted by Gasteiger charge is -2.13. The van der Waals surface area contributed by atoms with E-state index in [0.29, 0.717) is 41.7 Å². The molecule has 0 aliphatic heterocycles. The standard InChI is InChI=1S/C22H28N2O4/c1-15(2)11-12-28-19-10-7-17(14-20(19)27-4)22(26)24-18-8-5-16(6-9-18)13-21(25)23-3/h5-10,14-15H,11-13H2,1-4H3,(H,23,25)(H,24,26). The summed E-state index contributed by atoms with van der Waals surface area (Å²) in [6.07, 6.45) is 1.25. The van der Waals surface area contributed by atoms with Gasteiger partial charge in [0.2, 0.25) is 5.91 Å². The fourth-order valence-corrected chi connectivity index (χ4v) is 2.52. The van der Waals surface area contributed by atoms with Crippen molar-refractivity contribution in [3.05, 3.63) is 53.6 Å². The van der Waals surface area contributed by atoms with Crippen LogP contribution in [-0.2, 0) is 11.2 Å². The Bertz CT molecular complexity index is 801. The van der Waals surface area contributed by atoms with Gasteiger partial charge in [-0.1, -0.05) is 26.0 Å². The molecule has 6 heteroatoms. The molecule has 2 aromatic rings. The van der Waals surface area contributed by atoms with Gasteiger partial charge in [0.15, 0.2) is 11.5 Å². The van der Waals surface area contributed by atoms with Gasteiger partial charge < -0.3 is 20.1 Å². The molecule has 0 aliphatic carbocycles. The largest absolute Gasteiger partial charge is 0.493 e. The van der Waals surface area contributed by atoms with E-state index in [-0.39, 0.29) is 11.8 Å². The van der Waals surface area contributed by atoms with Gasteiger partial charge in [0.05, 0.1) is 20.1 Å². The topological polar surface area (TPSA) is 76.7 Å². The molecule has 150 valence electrons. The van der Waals surface area contributed by atoms with Crippen LogP contribution in [0, 0.1) is 5.92 Å². The molecule has 0 atom stereocenters. The molecule has 0 fully saturated rings. The molecule has 0 spiro atoms. The number of rotatable bonds is 9.